The summed E-state index contributed by atoms with van der Waals surface area (Å²) in [6.07, 6.45) is 1.10. The maximum Gasteiger partial charge on any atom is 0.313 e. The van der Waals surface area contributed by atoms with Crippen molar-refractivity contribution in [3.8, 4) is 0 Å². The summed E-state index contributed by atoms with van der Waals surface area (Å²) in [5.74, 6) is -1.19. The fourth-order valence-electron chi connectivity index (χ4n) is 3.83. The van der Waals surface area contributed by atoms with Gasteiger partial charge in [-0.05, 0) is 17.5 Å². The van der Waals surface area contributed by atoms with Crippen LogP contribution in [0.4, 0.5) is 0 Å². The van der Waals surface area contributed by atoms with Crippen LogP contribution in [0, 0.1) is 5.92 Å². The van der Waals surface area contributed by atoms with Crippen LogP contribution in [0.2, 0.25) is 0 Å². The summed E-state index contributed by atoms with van der Waals surface area (Å²) in [6.45, 7) is 6.22. The second-order valence-corrected chi connectivity index (χ2v) is 6.94. The molecule has 0 bridgehead atoms. The molecule has 0 amide bonds. The zero-order valence-corrected chi connectivity index (χ0v) is 14.3. The van der Waals surface area contributed by atoms with E-state index in [0.29, 0.717) is 0 Å². The van der Waals surface area contributed by atoms with Crippen molar-refractivity contribution in [2.45, 2.75) is 19.3 Å². The topological polar surface area (TPSA) is 37.3 Å². The molecule has 2 aromatic rings. The molecular weight excluding hydrogens is 298 g/mol. The second-order valence-electron chi connectivity index (χ2n) is 6.94. The van der Waals surface area contributed by atoms with Crippen molar-refractivity contribution < 1.29 is 14.4 Å². The third kappa shape index (κ3) is 3.68. The fraction of sp³-hybridized carbons (Fsp3) is 0.381. The molecule has 24 heavy (non-hydrogen) atoms. The molecule has 1 aliphatic rings. The van der Waals surface area contributed by atoms with E-state index >= 15 is 0 Å². The summed E-state index contributed by atoms with van der Waals surface area (Å²) >= 11 is 0. The number of hydrogen-bond acceptors (Lipinski definition) is 1. The van der Waals surface area contributed by atoms with Gasteiger partial charge in [-0.3, -0.25) is 4.79 Å². The zero-order chi connectivity index (χ0) is 17.0. The lowest BCUT2D eigenvalue weighted by Crippen LogP contribution is -2.39. The minimum Gasteiger partial charge on any atom is -0.481 e. The third-order valence-corrected chi connectivity index (χ3v) is 5.17. The second kappa shape index (κ2) is 7.18. The van der Waals surface area contributed by atoms with Crippen LogP contribution in [0.25, 0.3) is 0 Å². The van der Waals surface area contributed by atoms with Gasteiger partial charge in [0.15, 0.2) is 0 Å². The number of aliphatic carboxylic acids is 1. The molecule has 1 saturated heterocycles. The first kappa shape index (κ1) is 16.7. The van der Waals surface area contributed by atoms with Gasteiger partial charge in [-0.15, -0.1) is 0 Å². The zero-order valence-electron chi connectivity index (χ0n) is 14.3. The number of hydrogen-bond donors (Lipinski definition) is 1. The lowest BCUT2D eigenvalue weighted by atomic mass is 9.80. The molecule has 1 aliphatic heterocycles. The van der Waals surface area contributed by atoms with Crippen LogP contribution in [0.5, 0.6) is 0 Å². The Morgan fingerprint density at radius 1 is 1.00 bits per heavy atom. The normalized spacial score (nSPS) is 16.8. The van der Waals surface area contributed by atoms with Gasteiger partial charge < -0.3 is 9.59 Å². The van der Waals surface area contributed by atoms with Crippen molar-refractivity contribution in [2.24, 2.45) is 5.92 Å². The molecule has 0 saturated carbocycles. The molecule has 2 aromatic carbocycles. The highest BCUT2D eigenvalue weighted by Crippen LogP contribution is 2.36. The number of benzene rings is 2. The highest BCUT2D eigenvalue weighted by atomic mass is 16.4. The van der Waals surface area contributed by atoms with Crippen molar-refractivity contribution in [1.29, 1.82) is 0 Å². The van der Waals surface area contributed by atoms with E-state index in [9.17, 15) is 9.90 Å². The number of quaternary nitrogens is 1. The van der Waals surface area contributed by atoms with Gasteiger partial charge in [-0.1, -0.05) is 67.6 Å². The Balaban J connectivity index is 1.97. The van der Waals surface area contributed by atoms with Gasteiger partial charge in [0, 0.05) is 5.92 Å². The Bertz CT molecular complexity index is 625. The maximum absolute atomic E-state index is 12.2. The van der Waals surface area contributed by atoms with Gasteiger partial charge in [-0.2, -0.15) is 0 Å². The smallest absolute Gasteiger partial charge is 0.313 e. The number of nitrogens with zero attached hydrogens (tertiary/aromatic N) is 1. The summed E-state index contributed by atoms with van der Waals surface area (Å²) in [5, 5.41) is 10.0. The van der Waals surface area contributed by atoms with Gasteiger partial charge in [0.25, 0.3) is 0 Å². The van der Waals surface area contributed by atoms with Gasteiger partial charge in [-0.25, -0.2) is 0 Å². The van der Waals surface area contributed by atoms with Crippen molar-refractivity contribution in [1.82, 2.24) is 0 Å². The van der Waals surface area contributed by atoms with Crippen molar-refractivity contribution in [3.05, 3.63) is 71.8 Å². The molecular formula is C21H26NO2+. The van der Waals surface area contributed by atoms with E-state index in [1.807, 2.05) is 36.4 Å². The summed E-state index contributed by atoms with van der Waals surface area (Å²) in [5.41, 5.74) is 2.18. The summed E-state index contributed by atoms with van der Waals surface area (Å²) in [6, 6.07) is 20.2. The van der Waals surface area contributed by atoms with Crippen LogP contribution in [0.1, 0.15) is 30.4 Å². The molecule has 3 nitrogen and oxygen atoms in total. The molecule has 0 spiro atoms. The van der Waals surface area contributed by atoms with Gasteiger partial charge in [0.05, 0.1) is 13.1 Å². The van der Waals surface area contributed by atoms with Crippen LogP contribution in [0.15, 0.2) is 60.7 Å². The number of carbonyl (C=O) groups is 1. The first-order valence-electron chi connectivity index (χ1n) is 8.83. The number of carboxylic acids is 1. The van der Waals surface area contributed by atoms with E-state index in [2.05, 4.69) is 31.2 Å². The summed E-state index contributed by atoms with van der Waals surface area (Å²) in [4.78, 5) is 12.2. The van der Waals surface area contributed by atoms with E-state index in [4.69, 9.17) is 0 Å². The summed E-state index contributed by atoms with van der Waals surface area (Å²) in [7, 11) is 0. The number of rotatable bonds is 8. The van der Waals surface area contributed by atoms with E-state index in [1.165, 1.54) is 0 Å². The van der Waals surface area contributed by atoms with Gasteiger partial charge >= 0.3 is 5.97 Å². The third-order valence-electron chi connectivity index (χ3n) is 5.17. The average Bonchev–Trinajstić information content (AvgIpc) is 3.36. The largest absolute Gasteiger partial charge is 0.481 e. The average molecular weight is 324 g/mol. The molecule has 1 unspecified atom stereocenters. The summed E-state index contributed by atoms with van der Waals surface area (Å²) < 4.78 is 0.962. The minimum atomic E-state index is -0.687. The molecule has 0 aliphatic carbocycles. The van der Waals surface area contributed by atoms with Crippen LogP contribution < -0.4 is 0 Å². The van der Waals surface area contributed by atoms with Crippen molar-refractivity contribution >= 4 is 5.97 Å². The van der Waals surface area contributed by atoms with Crippen LogP contribution in [-0.2, 0) is 4.79 Å². The lowest BCUT2D eigenvalue weighted by molar-refractivity contribution is -0.802. The highest BCUT2D eigenvalue weighted by Gasteiger charge is 2.47. The van der Waals surface area contributed by atoms with E-state index in [0.717, 1.165) is 48.2 Å². The first-order chi connectivity index (χ1) is 11.7. The molecule has 0 aromatic heterocycles. The van der Waals surface area contributed by atoms with E-state index < -0.39 is 11.9 Å². The Hall–Kier alpha value is -2.13. The molecule has 1 heterocycles. The quantitative estimate of drug-likeness (QED) is 0.593. The monoisotopic (exact) mass is 324 g/mol. The predicted molar refractivity (Wildman–Crippen MR) is 95.9 cm³/mol. The lowest BCUT2D eigenvalue weighted by Gasteiger charge is -2.29. The molecule has 1 N–H and O–H groups in total. The van der Waals surface area contributed by atoms with Crippen LogP contribution in [-0.4, -0.2) is 41.7 Å². The standard InChI is InChI=1S/C21H25NO2/c1-2-13-22(14-15-22)16-19(21(23)24)20(17-9-5-3-6-10-17)18-11-7-4-8-12-18/h3-12,19-20H,2,13-16H2,1H3/p+1. The van der Waals surface area contributed by atoms with E-state index in [-0.39, 0.29) is 5.92 Å². The highest BCUT2D eigenvalue weighted by molar-refractivity contribution is 5.72. The SMILES string of the molecule is CCC[N+]1(CC(C(=O)O)C(c2ccccc2)c2ccccc2)CC1. The molecule has 1 atom stereocenters. The Morgan fingerprint density at radius 3 is 1.88 bits per heavy atom. The molecule has 3 rings (SSSR count). The van der Waals surface area contributed by atoms with E-state index in [1.54, 1.807) is 0 Å². The predicted octanol–water partition coefficient (Wildman–Crippen LogP) is 3.76. The molecule has 1 fully saturated rings. The molecule has 0 radical (unpaired) electrons. The Labute approximate surface area is 144 Å². The Morgan fingerprint density at radius 2 is 1.50 bits per heavy atom. The molecule has 126 valence electrons. The fourth-order valence-corrected chi connectivity index (χ4v) is 3.83. The maximum atomic E-state index is 12.2. The number of carboxylic acid groups (broad SMARTS) is 1. The van der Waals surface area contributed by atoms with Crippen molar-refractivity contribution in [3.63, 3.8) is 0 Å². The Kier molecular flexibility index (Phi) is 5.00. The first-order valence-corrected chi connectivity index (χ1v) is 8.83. The minimum absolute atomic E-state index is 0.0997. The van der Waals surface area contributed by atoms with Crippen LogP contribution in [0.3, 0.4) is 0 Å². The van der Waals surface area contributed by atoms with Gasteiger partial charge in [0.2, 0.25) is 0 Å². The van der Waals surface area contributed by atoms with Crippen LogP contribution >= 0.6 is 0 Å². The van der Waals surface area contributed by atoms with Crippen molar-refractivity contribution in [2.75, 3.05) is 26.2 Å². The van der Waals surface area contributed by atoms with Gasteiger partial charge in [0.1, 0.15) is 19.0 Å². The molecule has 3 heteroatoms.